The van der Waals surface area contributed by atoms with E-state index in [-0.39, 0.29) is 5.91 Å². The van der Waals surface area contributed by atoms with E-state index in [0.717, 1.165) is 44.3 Å². The third-order valence-corrected chi connectivity index (χ3v) is 7.95. The summed E-state index contributed by atoms with van der Waals surface area (Å²) in [6.45, 7) is 7.27. The number of carbonyl (C=O) groups is 1. The zero-order chi connectivity index (χ0) is 18.9. The molecule has 2 aliphatic heterocycles. The van der Waals surface area contributed by atoms with E-state index in [9.17, 15) is 4.79 Å². The van der Waals surface area contributed by atoms with E-state index in [2.05, 4.69) is 32.2 Å². The molecule has 0 unspecified atom stereocenters. The molecule has 28 heavy (non-hydrogen) atoms. The minimum Gasteiger partial charge on any atom is -0.336 e. The van der Waals surface area contributed by atoms with Crippen molar-refractivity contribution in [3.05, 3.63) is 34.7 Å². The molecule has 2 aromatic rings. The summed E-state index contributed by atoms with van der Waals surface area (Å²) < 4.78 is 1.30. The molecule has 0 bridgehead atoms. The Balaban J connectivity index is 1.28. The predicted octanol–water partition coefficient (Wildman–Crippen LogP) is 4.20. The third-order valence-electron chi connectivity index (χ3n) is 6.94. The molecule has 5 heteroatoms. The van der Waals surface area contributed by atoms with Gasteiger partial charge in [-0.3, -0.25) is 14.6 Å². The summed E-state index contributed by atoms with van der Waals surface area (Å²) >= 11 is 1.81. The molecule has 1 aromatic heterocycles. The molecule has 1 aromatic carbocycles. The van der Waals surface area contributed by atoms with E-state index >= 15 is 0 Å². The Bertz CT molecular complexity index is 829. The number of piperidine rings is 1. The van der Waals surface area contributed by atoms with Gasteiger partial charge in [0.05, 0.1) is 0 Å². The van der Waals surface area contributed by atoms with Gasteiger partial charge >= 0.3 is 0 Å². The Hall–Kier alpha value is -1.43. The van der Waals surface area contributed by atoms with Crippen LogP contribution in [-0.4, -0.2) is 65.9 Å². The van der Waals surface area contributed by atoms with Crippen LogP contribution in [0.4, 0.5) is 0 Å². The van der Waals surface area contributed by atoms with E-state index in [1.54, 1.807) is 0 Å². The fourth-order valence-corrected chi connectivity index (χ4v) is 5.85. The number of likely N-dealkylation sites (tertiary alicyclic amines) is 1. The molecular formula is C23H31N3OS. The molecule has 0 atom stereocenters. The first-order valence-electron chi connectivity index (χ1n) is 11.0. The summed E-state index contributed by atoms with van der Waals surface area (Å²) in [5.41, 5.74) is 2.26. The van der Waals surface area contributed by atoms with Gasteiger partial charge < -0.3 is 4.90 Å². The van der Waals surface area contributed by atoms with E-state index < -0.39 is 0 Å². The summed E-state index contributed by atoms with van der Waals surface area (Å²) in [7, 11) is 0. The molecular weight excluding hydrogens is 366 g/mol. The van der Waals surface area contributed by atoms with Crippen molar-refractivity contribution in [3.8, 4) is 0 Å². The van der Waals surface area contributed by atoms with Gasteiger partial charge in [-0.25, -0.2) is 0 Å². The second kappa shape index (κ2) is 8.13. The summed E-state index contributed by atoms with van der Waals surface area (Å²) in [5, 5.41) is 3.58. The summed E-state index contributed by atoms with van der Waals surface area (Å²) in [6.07, 6.45) is 8.08. The number of hydrogen-bond donors (Lipinski definition) is 0. The van der Waals surface area contributed by atoms with Crippen LogP contribution in [0.25, 0.3) is 10.1 Å². The first kappa shape index (κ1) is 18.6. The Morgan fingerprint density at radius 3 is 2.46 bits per heavy atom. The zero-order valence-electron chi connectivity index (χ0n) is 16.7. The van der Waals surface area contributed by atoms with E-state index in [4.69, 9.17) is 0 Å². The molecule has 1 amide bonds. The molecule has 2 saturated heterocycles. The van der Waals surface area contributed by atoms with Crippen LogP contribution < -0.4 is 0 Å². The van der Waals surface area contributed by atoms with Crippen molar-refractivity contribution in [1.82, 2.24) is 14.7 Å². The lowest BCUT2D eigenvalue weighted by molar-refractivity contribution is 0.0455. The highest BCUT2D eigenvalue weighted by molar-refractivity contribution is 7.17. The fourth-order valence-electron chi connectivity index (χ4n) is 4.92. The average molecular weight is 398 g/mol. The van der Waals surface area contributed by atoms with E-state index in [0.29, 0.717) is 0 Å². The highest BCUT2D eigenvalue weighted by atomic mass is 32.1. The quantitative estimate of drug-likeness (QED) is 0.774. The minimum absolute atomic E-state index is 0.213. The molecule has 4 nitrogen and oxygen atoms in total. The Kier molecular flexibility index (Phi) is 5.40. The first-order chi connectivity index (χ1) is 13.8. The Labute approximate surface area is 172 Å². The second-order valence-electron chi connectivity index (χ2n) is 8.72. The van der Waals surface area contributed by atoms with Gasteiger partial charge in [0, 0.05) is 49.0 Å². The molecule has 1 aliphatic carbocycles. The van der Waals surface area contributed by atoms with Crippen LogP contribution in [0.15, 0.2) is 23.6 Å². The smallest absolute Gasteiger partial charge is 0.253 e. The topological polar surface area (TPSA) is 26.8 Å². The maximum atomic E-state index is 13.1. The molecule has 3 heterocycles. The number of amides is 1. The number of piperazine rings is 1. The van der Waals surface area contributed by atoms with E-state index in [1.807, 2.05) is 17.4 Å². The monoisotopic (exact) mass is 397 g/mol. The van der Waals surface area contributed by atoms with Crippen LogP contribution in [0.2, 0.25) is 0 Å². The maximum absolute atomic E-state index is 13.1. The number of hydrogen-bond acceptors (Lipinski definition) is 4. The number of nitrogens with zero attached hydrogens (tertiary/aromatic N) is 3. The van der Waals surface area contributed by atoms with Crippen LogP contribution in [-0.2, 0) is 6.54 Å². The summed E-state index contributed by atoms with van der Waals surface area (Å²) in [5.74, 6) is 0.213. The zero-order valence-corrected chi connectivity index (χ0v) is 17.6. The van der Waals surface area contributed by atoms with Gasteiger partial charge in [0.15, 0.2) is 0 Å². The van der Waals surface area contributed by atoms with Crippen molar-refractivity contribution < 1.29 is 4.79 Å². The molecule has 3 fully saturated rings. The van der Waals surface area contributed by atoms with Crippen molar-refractivity contribution in [2.75, 3.05) is 39.3 Å². The van der Waals surface area contributed by atoms with Gasteiger partial charge in [0.2, 0.25) is 0 Å². The van der Waals surface area contributed by atoms with Crippen molar-refractivity contribution in [2.45, 2.75) is 51.1 Å². The number of benzene rings is 1. The maximum Gasteiger partial charge on any atom is 0.253 e. The van der Waals surface area contributed by atoms with Crippen molar-refractivity contribution in [3.63, 3.8) is 0 Å². The minimum atomic E-state index is 0.213. The largest absolute Gasteiger partial charge is 0.336 e. The highest BCUT2D eigenvalue weighted by Crippen LogP contribution is 2.30. The third kappa shape index (κ3) is 3.72. The normalized spacial score (nSPS) is 22.5. The SMILES string of the molecule is O=C(c1ccc2scc(CN3CCCCC3)c2c1)N1CCN(C2CCC2)CC1. The standard InChI is InChI=1S/C23H31N3OS/c27-23(26-13-11-25(12-14-26)20-5-4-6-20)18-7-8-22-21(15-18)19(17-28-22)16-24-9-2-1-3-10-24/h7-8,15,17,20H,1-6,9-14,16H2. The summed E-state index contributed by atoms with van der Waals surface area (Å²) in [4.78, 5) is 20.3. The highest BCUT2D eigenvalue weighted by Gasteiger charge is 2.29. The van der Waals surface area contributed by atoms with Gasteiger partial charge in [-0.1, -0.05) is 12.8 Å². The number of rotatable bonds is 4. The Morgan fingerprint density at radius 2 is 1.75 bits per heavy atom. The first-order valence-corrected chi connectivity index (χ1v) is 11.9. The molecule has 0 spiro atoms. The lowest BCUT2D eigenvalue weighted by atomic mass is 9.91. The van der Waals surface area contributed by atoms with Crippen molar-refractivity contribution in [1.29, 1.82) is 0 Å². The average Bonchev–Trinajstić information content (AvgIpc) is 3.09. The van der Waals surface area contributed by atoms with E-state index in [1.165, 1.54) is 67.3 Å². The van der Waals surface area contributed by atoms with Crippen LogP contribution in [0.3, 0.4) is 0 Å². The second-order valence-corrected chi connectivity index (χ2v) is 9.63. The van der Waals surface area contributed by atoms with Crippen molar-refractivity contribution in [2.24, 2.45) is 0 Å². The summed E-state index contributed by atoms with van der Waals surface area (Å²) in [6, 6.07) is 7.13. The Morgan fingerprint density at radius 1 is 0.964 bits per heavy atom. The lowest BCUT2D eigenvalue weighted by Gasteiger charge is -2.42. The van der Waals surface area contributed by atoms with Gasteiger partial charge in [-0.15, -0.1) is 11.3 Å². The molecule has 1 saturated carbocycles. The molecule has 0 N–H and O–H groups in total. The van der Waals surface area contributed by atoms with Crippen LogP contribution >= 0.6 is 11.3 Å². The number of carbonyl (C=O) groups excluding carboxylic acids is 1. The van der Waals surface area contributed by atoms with Crippen molar-refractivity contribution >= 4 is 27.3 Å². The fraction of sp³-hybridized carbons (Fsp3) is 0.609. The van der Waals surface area contributed by atoms with Gasteiger partial charge in [-0.05, 0) is 73.3 Å². The van der Waals surface area contributed by atoms with Gasteiger partial charge in [0.25, 0.3) is 5.91 Å². The van der Waals surface area contributed by atoms with Crippen LogP contribution in [0, 0.1) is 0 Å². The predicted molar refractivity (Wildman–Crippen MR) is 116 cm³/mol. The lowest BCUT2D eigenvalue weighted by Crippen LogP contribution is -2.53. The molecule has 3 aliphatic rings. The van der Waals surface area contributed by atoms with Gasteiger partial charge in [0.1, 0.15) is 0 Å². The molecule has 5 rings (SSSR count). The molecule has 150 valence electrons. The van der Waals surface area contributed by atoms with Crippen LogP contribution in [0.1, 0.15) is 54.4 Å². The van der Waals surface area contributed by atoms with Crippen LogP contribution in [0.5, 0.6) is 0 Å². The molecule has 0 radical (unpaired) electrons. The van der Waals surface area contributed by atoms with Gasteiger partial charge in [-0.2, -0.15) is 0 Å². The number of thiophene rings is 1. The number of fused-ring (bicyclic) bond motifs is 1.